The molecule has 12 rings (SSSR count). The molecule has 4 heterocycles. The first kappa shape index (κ1) is 60.4. The van der Waals surface area contributed by atoms with E-state index < -0.39 is 0 Å². The number of aromatic amines is 1. The van der Waals surface area contributed by atoms with Crippen molar-refractivity contribution in [3.05, 3.63) is 239 Å². The Hall–Kier alpha value is -7.75. The van der Waals surface area contributed by atoms with Crippen LogP contribution in [0, 0.1) is 27.7 Å². The highest BCUT2D eigenvalue weighted by molar-refractivity contribution is 6.17. The number of likely N-dealkylation sites (tertiary alicyclic amines) is 2. The van der Waals surface area contributed by atoms with Gasteiger partial charge in [0.05, 0.1) is 5.69 Å². The molecule has 2 aliphatic heterocycles. The van der Waals surface area contributed by atoms with Crippen molar-refractivity contribution in [3.8, 4) is 45.5 Å². The lowest BCUT2D eigenvalue weighted by Crippen LogP contribution is -2.29. The molecule has 2 fully saturated rings. The van der Waals surface area contributed by atoms with Gasteiger partial charge in [-0.1, -0.05) is 134 Å². The second-order valence-electron chi connectivity index (χ2n) is 23.0. The van der Waals surface area contributed by atoms with Gasteiger partial charge in [0.2, 0.25) is 0 Å². The summed E-state index contributed by atoms with van der Waals surface area (Å²) >= 11 is 5.75. The number of hydrogen-bond acceptors (Lipinski definition) is 6. The molecule has 0 unspecified atom stereocenters. The number of nitrogens with zero attached hydrogens (tertiary/aromatic N) is 3. The van der Waals surface area contributed by atoms with Crippen molar-refractivity contribution in [2.45, 2.75) is 105 Å². The first-order chi connectivity index (χ1) is 41.7. The van der Waals surface area contributed by atoms with E-state index in [2.05, 4.69) is 168 Å². The fourth-order valence-electron chi connectivity index (χ4n) is 11.7. The quantitative estimate of drug-likeness (QED) is 0.0814. The number of rotatable bonds is 19. The SMILES string of the molecule is Cc1ccc2[nH]c(-c3ccc(OCc4ccccc4)cc3)c(C)c2c1.Cc1ccc2c(c1)c(C)c(-c1ccc(OCc3ccccc3)cc1)n2Cc1ccc(OCCN2CCCCCC2)cc1.ClCc1ccc(OCCN2CCCCCC2)cc1. The van der Waals surface area contributed by atoms with Crippen LogP contribution in [0.2, 0.25) is 0 Å². The van der Waals surface area contributed by atoms with Crippen LogP contribution in [0.25, 0.3) is 44.3 Å². The number of benzene rings is 8. The van der Waals surface area contributed by atoms with E-state index in [0.29, 0.717) is 19.1 Å². The number of aryl methyl sites for hydroxylation is 4. The lowest BCUT2D eigenvalue weighted by Gasteiger charge is -2.19. The minimum Gasteiger partial charge on any atom is -0.492 e. The molecular weight excluding hydrogens is 1070 g/mol. The maximum absolute atomic E-state index is 6.13. The molecule has 0 radical (unpaired) electrons. The second-order valence-corrected chi connectivity index (χ2v) is 23.2. The van der Waals surface area contributed by atoms with E-state index in [1.807, 2.05) is 72.8 Å². The molecule has 0 saturated carbocycles. The minimum absolute atomic E-state index is 0.564. The zero-order valence-electron chi connectivity index (χ0n) is 50.5. The van der Waals surface area contributed by atoms with Crippen molar-refractivity contribution in [1.82, 2.24) is 19.4 Å². The van der Waals surface area contributed by atoms with Crippen LogP contribution >= 0.6 is 11.6 Å². The highest BCUT2D eigenvalue weighted by atomic mass is 35.5. The van der Waals surface area contributed by atoms with E-state index in [1.165, 1.54) is 161 Å². The Labute approximate surface area is 510 Å². The fourth-order valence-corrected chi connectivity index (χ4v) is 11.8. The number of nitrogens with one attached hydrogen (secondary N) is 1. The highest BCUT2D eigenvalue weighted by Gasteiger charge is 2.18. The molecule has 0 atom stereocenters. The third-order valence-electron chi connectivity index (χ3n) is 16.5. The van der Waals surface area contributed by atoms with E-state index >= 15 is 0 Å². The largest absolute Gasteiger partial charge is 0.492 e. The van der Waals surface area contributed by atoms with Gasteiger partial charge in [-0.25, -0.2) is 0 Å². The van der Waals surface area contributed by atoms with Gasteiger partial charge in [-0.2, -0.15) is 0 Å². The molecule has 8 aromatic carbocycles. The summed E-state index contributed by atoms with van der Waals surface area (Å²) in [7, 11) is 0. The average Bonchev–Trinajstić information content (AvgIpc) is 2.09. The number of fused-ring (bicyclic) bond motifs is 2. The third kappa shape index (κ3) is 17.2. The van der Waals surface area contributed by atoms with Gasteiger partial charge >= 0.3 is 0 Å². The molecule has 440 valence electrons. The van der Waals surface area contributed by atoms with E-state index in [-0.39, 0.29) is 0 Å². The predicted octanol–water partition coefficient (Wildman–Crippen LogP) is 18.5. The van der Waals surface area contributed by atoms with Crippen molar-refractivity contribution in [1.29, 1.82) is 0 Å². The Bertz CT molecular complexity index is 3600. The predicted molar refractivity (Wildman–Crippen MR) is 354 cm³/mol. The van der Waals surface area contributed by atoms with Crippen LogP contribution in [-0.2, 0) is 25.6 Å². The Morgan fingerprint density at radius 3 is 1.36 bits per heavy atom. The Kier molecular flexibility index (Phi) is 21.9. The summed E-state index contributed by atoms with van der Waals surface area (Å²) in [5.74, 6) is 4.22. The van der Waals surface area contributed by atoms with E-state index in [1.54, 1.807) is 0 Å². The molecule has 1 N–H and O–H groups in total. The van der Waals surface area contributed by atoms with Gasteiger partial charge in [0.1, 0.15) is 49.4 Å². The van der Waals surface area contributed by atoms with Crippen LogP contribution < -0.4 is 18.9 Å². The number of ether oxygens (including phenoxy) is 4. The molecule has 85 heavy (non-hydrogen) atoms. The number of H-pyrrole nitrogens is 1. The van der Waals surface area contributed by atoms with Crippen LogP contribution in [0.1, 0.15) is 95.9 Å². The van der Waals surface area contributed by atoms with Gasteiger partial charge in [0.25, 0.3) is 0 Å². The summed E-state index contributed by atoms with van der Waals surface area (Å²) in [5.41, 5.74) is 17.1. The van der Waals surface area contributed by atoms with Crippen LogP contribution in [0.5, 0.6) is 23.0 Å². The average molecular weight is 1150 g/mol. The molecule has 0 spiro atoms. The Morgan fingerprint density at radius 2 is 0.859 bits per heavy atom. The summed E-state index contributed by atoms with van der Waals surface area (Å²) in [5, 5.41) is 2.60. The van der Waals surface area contributed by atoms with Crippen molar-refractivity contribution in [3.63, 3.8) is 0 Å². The summed E-state index contributed by atoms with van der Waals surface area (Å²) in [4.78, 5) is 8.61. The van der Waals surface area contributed by atoms with Gasteiger partial charge in [0, 0.05) is 53.0 Å². The first-order valence-corrected chi connectivity index (χ1v) is 31.4. The van der Waals surface area contributed by atoms with E-state index in [0.717, 1.165) is 61.4 Å². The van der Waals surface area contributed by atoms with Crippen molar-refractivity contribution in [2.24, 2.45) is 0 Å². The highest BCUT2D eigenvalue weighted by Crippen LogP contribution is 2.36. The fraction of sp³-hybridized carbons (Fsp3) is 0.316. The number of hydrogen-bond donors (Lipinski definition) is 1. The molecule has 0 aliphatic carbocycles. The molecular formula is C76H85ClN4O4. The summed E-state index contributed by atoms with van der Waals surface area (Å²) in [6.45, 7) is 19.1. The molecule has 0 bridgehead atoms. The van der Waals surface area contributed by atoms with Crippen LogP contribution in [0.15, 0.2) is 194 Å². The molecule has 2 aromatic heterocycles. The van der Waals surface area contributed by atoms with Crippen molar-refractivity contribution in [2.75, 3.05) is 52.5 Å². The normalized spacial score (nSPS) is 13.9. The first-order valence-electron chi connectivity index (χ1n) is 30.9. The Morgan fingerprint density at radius 1 is 0.412 bits per heavy atom. The zero-order valence-corrected chi connectivity index (χ0v) is 51.2. The number of alkyl halides is 1. The molecule has 8 nitrogen and oxygen atoms in total. The molecule has 2 aliphatic rings. The number of aromatic nitrogens is 2. The van der Waals surface area contributed by atoms with Gasteiger partial charge < -0.3 is 28.5 Å². The second kappa shape index (κ2) is 30.9. The molecule has 9 heteroatoms. The van der Waals surface area contributed by atoms with E-state index in [9.17, 15) is 0 Å². The summed E-state index contributed by atoms with van der Waals surface area (Å²) in [6.07, 6.45) is 10.8. The molecule has 0 amide bonds. The van der Waals surface area contributed by atoms with Gasteiger partial charge in [-0.15, -0.1) is 11.6 Å². The third-order valence-corrected chi connectivity index (χ3v) is 16.9. The van der Waals surface area contributed by atoms with Gasteiger partial charge in [-0.05, 0) is 221 Å². The lowest BCUT2D eigenvalue weighted by atomic mass is 10.1. The van der Waals surface area contributed by atoms with Crippen LogP contribution in [-0.4, -0.2) is 71.8 Å². The zero-order chi connectivity index (χ0) is 58.6. The minimum atomic E-state index is 0.564. The van der Waals surface area contributed by atoms with Crippen molar-refractivity contribution >= 4 is 33.4 Å². The molecule has 10 aromatic rings. The summed E-state index contributed by atoms with van der Waals surface area (Å²) in [6, 6.07) is 67.4. The smallest absolute Gasteiger partial charge is 0.119 e. The van der Waals surface area contributed by atoms with Crippen LogP contribution in [0.3, 0.4) is 0 Å². The van der Waals surface area contributed by atoms with Crippen LogP contribution in [0.4, 0.5) is 0 Å². The topological polar surface area (TPSA) is 64.1 Å². The maximum Gasteiger partial charge on any atom is 0.119 e. The Balaban J connectivity index is 0.000000158. The summed E-state index contributed by atoms with van der Waals surface area (Å²) < 4.78 is 26.3. The van der Waals surface area contributed by atoms with E-state index in [4.69, 9.17) is 30.5 Å². The lowest BCUT2D eigenvalue weighted by molar-refractivity contribution is 0.214. The van der Waals surface area contributed by atoms with Crippen molar-refractivity contribution < 1.29 is 18.9 Å². The molecule has 2 saturated heterocycles. The maximum atomic E-state index is 6.13. The van der Waals surface area contributed by atoms with Gasteiger partial charge in [-0.3, -0.25) is 9.80 Å². The monoisotopic (exact) mass is 1150 g/mol. The van der Waals surface area contributed by atoms with Gasteiger partial charge in [0.15, 0.2) is 0 Å². The standard InChI is InChI=1S/C38H42N2O2.C23H21NO.C15H22ClNO/c1-29-12-21-37-36(26-29)30(2)38(33-15-19-35(20-16-33)42-28-32-10-6-5-7-11-32)40(37)27-31-13-17-34(18-14-31)41-25-24-39-22-8-3-4-9-23-39;1-16-8-13-22-21(14-16)17(2)23(24-22)19-9-11-20(12-10-19)25-15-18-6-4-3-5-7-18;16-13-14-5-7-15(8-6-14)18-12-11-17-9-3-1-2-4-10-17/h5-7,10-21,26H,3-4,8-9,22-25,27-28H2,1-2H3;3-14,24H,15H2,1-2H3;5-8H,1-4,9-13H2. The number of halogens is 1.